The average Bonchev–Trinajstić information content (AvgIpc) is 1.94. The van der Waals surface area contributed by atoms with Gasteiger partial charge in [-0.05, 0) is 0 Å². The normalized spacial score (nSPS) is 3.64. The Hall–Kier alpha value is 3.13. The maximum atomic E-state index is 8.52. The summed E-state index contributed by atoms with van der Waals surface area (Å²) in [5.74, 6) is 0. The zero-order chi connectivity index (χ0) is 17.9. The number of rotatable bonds is 0. The molecule has 0 rings (SSSR count). The van der Waals surface area contributed by atoms with Crippen molar-refractivity contribution in [1.82, 2.24) is 0 Å². The van der Waals surface area contributed by atoms with Gasteiger partial charge in [-0.3, -0.25) is 0 Å². The summed E-state index contributed by atoms with van der Waals surface area (Å²) in [4.78, 5) is 85.2. The predicted molar refractivity (Wildman–Crippen MR) is 35.6 cm³/mol. The van der Waals surface area contributed by atoms with E-state index >= 15 is 0 Å². The first-order valence-corrected chi connectivity index (χ1v) is 9.19. The van der Waals surface area contributed by atoms with E-state index in [0.29, 0.717) is 0 Å². The van der Waals surface area contributed by atoms with E-state index in [9.17, 15) is 0 Å². The van der Waals surface area contributed by atoms with Gasteiger partial charge in [0.15, 0.2) is 0 Å². The van der Waals surface area contributed by atoms with E-state index in [2.05, 4.69) is 0 Å². The largest absolute Gasteiger partial charge is 4.00 e. The molecule has 0 bridgehead atoms. The van der Waals surface area contributed by atoms with Crippen LogP contribution in [-0.4, -0.2) is 45.9 Å². The van der Waals surface area contributed by atoms with E-state index in [0.717, 1.165) is 0 Å². The van der Waals surface area contributed by atoms with Crippen molar-refractivity contribution in [3.05, 3.63) is 0 Å². The van der Waals surface area contributed by atoms with Crippen molar-refractivity contribution in [3.8, 4) is 0 Å². The van der Waals surface area contributed by atoms with Crippen molar-refractivity contribution in [3.63, 3.8) is 0 Å². The third kappa shape index (κ3) is 3930. The minimum atomic E-state index is -3.63. The topological polar surface area (TPSA) is 458 Å². The molecule has 0 atom stereocenters. The second kappa shape index (κ2) is 124. The van der Waals surface area contributed by atoms with Gasteiger partial charge in [0, 0.05) is 45.9 Å². The van der Waals surface area contributed by atoms with Crippen molar-refractivity contribution in [1.29, 1.82) is 0 Å². The minimum Gasteiger partial charge on any atom is -2.00 e. The summed E-state index contributed by atoms with van der Waals surface area (Å²) < 4.78 is 42.6. The van der Waals surface area contributed by atoms with Crippen LogP contribution < -0.4 is 123 Å². The minimum absolute atomic E-state index is 0. The first-order valence-electron chi connectivity index (χ1n) is 3.06. The Morgan fingerprint density at radius 2 is 0.273 bits per heavy atom. The van der Waals surface area contributed by atoms with Gasteiger partial charge in [0.1, 0.15) is 0 Å². The fourth-order valence-corrected chi connectivity index (χ4v) is 0. The molecule has 0 aromatic heterocycles. The summed E-state index contributed by atoms with van der Waals surface area (Å²) in [6.07, 6.45) is 0. The molecule has 0 saturated heterocycles. The molecule has 0 fully saturated rings. The average molecular weight is 680 g/mol. The maximum Gasteiger partial charge on any atom is 4.00 e. The van der Waals surface area contributed by atoms with E-state index in [4.69, 9.17) is 70.3 Å². The first-order chi connectivity index (χ1) is 8.66. The Kier molecular flexibility index (Phi) is 512. The summed E-state index contributed by atoms with van der Waals surface area (Å²) in [6, 6.07) is 0. The summed E-state index contributed by atoms with van der Waals surface area (Å²) >= 11 is 0. The molecular weight excluding hydrogens is 680 g/mol. The fourth-order valence-electron chi connectivity index (χ4n) is 0. The smallest absolute Gasteiger partial charge is 2.00 e. The van der Waals surface area contributed by atoms with E-state index in [1.807, 2.05) is 0 Å². The van der Waals surface area contributed by atoms with Gasteiger partial charge in [0.25, 0.3) is 0 Å². The molecule has 160 valence electrons. The second-order valence-electron chi connectivity index (χ2n) is 1.25. The SMILES string of the molecule is O=[Si]([O-])[O-].O=[Si]([O-])[O-].O=[Si]([O-])[O-].O=[Si]([O-])[O-].O=[Si]([O-])[O-].[Li+].[Li+].[Li+].[Li+].[O-2].[O-2].[O-2].[O-2].[O-2].[Ti+4].[Ti+4].[Ti+4].[Ti+4]. The fraction of sp³-hybridized carbons (Fsp3) is 0. The van der Waals surface area contributed by atoms with Gasteiger partial charge in [-0.15, -0.1) is 0 Å². The molecule has 0 heterocycles. The van der Waals surface area contributed by atoms with Crippen LogP contribution in [0.1, 0.15) is 0 Å². The Labute approximate surface area is 301 Å². The molecule has 0 spiro atoms. The van der Waals surface area contributed by atoms with Gasteiger partial charge < -0.3 is 97.6 Å². The summed E-state index contributed by atoms with van der Waals surface area (Å²) in [6.45, 7) is 0. The van der Waals surface area contributed by atoms with Crippen LogP contribution in [0.3, 0.4) is 0 Å². The van der Waals surface area contributed by atoms with Gasteiger partial charge in [0.05, 0.1) is 0 Å². The molecule has 0 aromatic rings. The second-order valence-corrected chi connectivity index (χ2v) is 3.75. The van der Waals surface area contributed by atoms with Crippen LogP contribution in [0, 0.1) is 0 Å². The Morgan fingerprint density at radius 3 is 0.273 bits per heavy atom. The van der Waals surface area contributed by atoms with Gasteiger partial charge in [-0.2, -0.15) is 0 Å². The number of hydrogen-bond acceptors (Lipinski definition) is 15. The van der Waals surface area contributed by atoms with Crippen LogP contribution in [0.15, 0.2) is 0 Å². The molecule has 0 aromatic carbocycles. The Morgan fingerprint density at radius 1 is 0.273 bits per heavy atom. The zero-order valence-electron chi connectivity index (χ0n) is 16.7. The van der Waals surface area contributed by atoms with Crippen LogP contribution in [0.5, 0.6) is 0 Å². The quantitative estimate of drug-likeness (QED) is 0.214. The molecule has 0 radical (unpaired) electrons. The Balaban J connectivity index is -0.00000000485. The number of hydrogen-bond donors (Lipinski definition) is 0. The molecule has 33 heavy (non-hydrogen) atoms. The predicted octanol–water partition coefficient (Wildman–Crippen LogP) is -27.0. The van der Waals surface area contributed by atoms with Crippen molar-refractivity contribution < 1.29 is 260 Å². The van der Waals surface area contributed by atoms with Crippen molar-refractivity contribution in [2.24, 2.45) is 0 Å². The molecule has 20 nitrogen and oxygen atoms in total. The van der Waals surface area contributed by atoms with Gasteiger partial charge in [0.2, 0.25) is 0 Å². The van der Waals surface area contributed by atoms with Crippen LogP contribution in [0.25, 0.3) is 0 Å². The monoisotopic (exact) mass is 680 g/mol. The molecule has 0 unspecified atom stereocenters. The van der Waals surface area contributed by atoms with Crippen LogP contribution in [-0.2, 0) is 137 Å². The van der Waals surface area contributed by atoms with Crippen molar-refractivity contribution >= 4 is 45.9 Å². The van der Waals surface area contributed by atoms with Crippen molar-refractivity contribution in [2.75, 3.05) is 0 Å². The molecular formula is Li4O20Si5Ti4. The standard InChI is InChI=1S/4Li.5O3Si.5O.4Ti/c;;;;5*1-4(2)3;;;;;;;;;/q4*+1;10*-2;4*+4. The third-order valence-corrected chi connectivity index (χ3v) is 0. The van der Waals surface area contributed by atoms with Crippen LogP contribution >= 0.6 is 0 Å². The molecule has 0 aliphatic heterocycles. The van der Waals surface area contributed by atoms with Crippen LogP contribution in [0.4, 0.5) is 0 Å². The van der Waals surface area contributed by atoms with Gasteiger partial charge in [-0.1, -0.05) is 0 Å². The summed E-state index contributed by atoms with van der Waals surface area (Å²) in [5.41, 5.74) is 0. The summed E-state index contributed by atoms with van der Waals surface area (Å²) in [5, 5.41) is 0. The summed E-state index contributed by atoms with van der Waals surface area (Å²) in [7, 11) is -18.1. The maximum absolute atomic E-state index is 8.52. The molecule has 0 saturated carbocycles. The van der Waals surface area contributed by atoms with Gasteiger partial charge >= 0.3 is 162 Å². The van der Waals surface area contributed by atoms with Crippen LogP contribution in [0.2, 0.25) is 0 Å². The molecule has 0 N–H and O–H groups in total. The van der Waals surface area contributed by atoms with E-state index in [-0.39, 0.29) is 190 Å². The molecule has 0 amide bonds. The van der Waals surface area contributed by atoms with E-state index in [1.54, 1.807) is 0 Å². The molecule has 0 aliphatic carbocycles. The Bertz CT molecular complexity index is 237. The molecule has 33 heteroatoms. The zero-order valence-corrected chi connectivity index (χ0v) is 27.9. The molecule has 0 aliphatic rings. The third-order valence-electron chi connectivity index (χ3n) is 0. The van der Waals surface area contributed by atoms with Crippen molar-refractivity contribution in [2.45, 2.75) is 0 Å². The first kappa shape index (κ1) is 136. The van der Waals surface area contributed by atoms with E-state index in [1.165, 1.54) is 0 Å². The van der Waals surface area contributed by atoms with Gasteiger partial charge in [-0.25, -0.2) is 0 Å². The van der Waals surface area contributed by atoms with E-state index < -0.39 is 45.9 Å².